The van der Waals surface area contributed by atoms with E-state index in [2.05, 4.69) is 22.8 Å². The highest BCUT2D eigenvalue weighted by atomic mass is 16.5. The van der Waals surface area contributed by atoms with Gasteiger partial charge in [-0.2, -0.15) is 0 Å². The number of fused-ring (bicyclic) bond motifs is 3. The molecule has 0 spiro atoms. The van der Waals surface area contributed by atoms with Crippen molar-refractivity contribution in [3.05, 3.63) is 59.7 Å². The number of alkyl carbamates (subject to hydrolysis) is 1. The van der Waals surface area contributed by atoms with Gasteiger partial charge >= 0.3 is 12.1 Å². The van der Waals surface area contributed by atoms with Gasteiger partial charge in [0.2, 0.25) is 5.91 Å². The second kappa shape index (κ2) is 10.1. The van der Waals surface area contributed by atoms with Crippen LogP contribution in [0.15, 0.2) is 48.5 Å². The summed E-state index contributed by atoms with van der Waals surface area (Å²) in [5, 5.41) is 14.2. The van der Waals surface area contributed by atoms with E-state index in [9.17, 15) is 14.4 Å². The number of carbonyl (C=O) groups excluding carboxylic acids is 2. The quantitative estimate of drug-likeness (QED) is 0.570. The summed E-state index contributed by atoms with van der Waals surface area (Å²) in [7, 11) is 0. The second-order valence-electron chi connectivity index (χ2n) is 7.64. The van der Waals surface area contributed by atoms with E-state index < -0.39 is 30.1 Å². The lowest BCUT2D eigenvalue weighted by atomic mass is 9.98. The van der Waals surface area contributed by atoms with E-state index in [0.717, 1.165) is 22.3 Å². The third kappa shape index (κ3) is 5.23. The van der Waals surface area contributed by atoms with E-state index in [1.165, 1.54) is 0 Å². The molecule has 3 rings (SSSR count). The van der Waals surface area contributed by atoms with E-state index in [4.69, 9.17) is 9.84 Å². The molecule has 164 valence electrons. The lowest BCUT2D eigenvalue weighted by Crippen LogP contribution is -2.49. The molecule has 0 aliphatic heterocycles. The van der Waals surface area contributed by atoms with Gasteiger partial charge in [-0.3, -0.25) is 9.59 Å². The molecule has 2 aromatic rings. The zero-order chi connectivity index (χ0) is 22.4. The number of carboxylic acids is 1. The van der Waals surface area contributed by atoms with Gasteiger partial charge in [0.05, 0.1) is 6.42 Å². The maximum absolute atomic E-state index is 12.5. The number of carbonyl (C=O) groups is 3. The van der Waals surface area contributed by atoms with Crippen LogP contribution in [0.5, 0.6) is 0 Å². The summed E-state index contributed by atoms with van der Waals surface area (Å²) < 4.78 is 5.49. The van der Waals surface area contributed by atoms with Gasteiger partial charge < -0.3 is 20.5 Å². The standard InChI is InChI=1S/C24H28N2O5/c1-3-15(13-22(27)28)25-23(29)21(4-2)26-24(30)31-14-20-18-11-7-5-9-16(18)17-10-6-8-12-19(17)20/h5-12,15,20-21H,3-4,13-14H2,1-2H3,(H,25,29)(H,26,30)(H,27,28)/t15-,21?/m0/s1. The summed E-state index contributed by atoms with van der Waals surface area (Å²) in [5.74, 6) is -1.46. The Morgan fingerprint density at radius 3 is 2.03 bits per heavy atom. The van der Waals surface area contributed by atoms with Crippen molar-refractivity contribution in [1.29, 1.82) is 0 Å². The predicted octanol–water partition coefficient (Wildman–Crippen LogP) is 3.67. The molecule has 0 fully saturated rings. The average Bonchev–Trinajstić information content (AvgIpc) is 3.09. The third-order valence-electron chi connectivity index (χ3n) is 5.62. The number of benzene rings is 2. The number of hydrogen-bond acceptors (Lipinski definition) is 4. The molecule has 7 heteroatoms. The molecule has 0 saturated heterocycles. The van der Waals surface area contributed by atoms with Crippen LogP contribution in [0.4, 0.5) is 4.79 Å². The van der Waals surface area contributed by atoms with Crippen molar-refractivity contribution >= 4 is 18.0 Å². The fourth-order valence-corrected chi connectivity index (χ4v) is 3.95. The molecular formula is C24H28N2O5. The zero-order valence-corrected chi connectivity index (χ0v) is 17.8. The Hall–Kier alpha value is -3.35. The first kappa shape index (κ1) is 22.3. The summed E-state index contributed by atoms with van der Waals surface area (Å²) in [5.41, 5.74) is 4.51. The molecule has 2 amide bonds. The number of carboxylic acid groups (broad SMARTS) is 1. The van der Waals surface area contributed by atoms with Gasteiger partial charge in [-0.15, -0.1) is 0 Å². The molecule has 3 N–H and O–H groups in total. The van der Waals surface area contributed by atoms with E-state index in [1.807, 2.05) is 36.4 Å². The molecule has 0 radical (unpaired) electrons. The lowest BCUT2D eigenvalue weighted by Gasteiger charge is -2.21. The maximum Gasteiger partial charge on any atom is 0.407 e. The number of aliphatic carboxylic acids is 1. The minimum absolute atomic E-state index is 0.0629. The number of rotatable bonds is 9. The third-order valence-corrected chi connectivity index (χ3v) is 5.62. The Kier molecular flexibility index (Phi) is 7.28. The first-order valence-corrected chi connectivity index (χ1v) is 10.6. The van der Waals surface area contributed by atoms with Crippen molar-refractivity contribution < 1.29 is 24.2 Å². The highest BCUT2D eigenvalue weighted by Gasteiger charge is 2.29. The fourth-order valence-electron chi connectivity index (χ4n) is 3.95. The molecule has 0 saturated carbocycles. The van der Waals surface area contributed by atoms with Crippen molar-refractivity contribution in [1.82, 2.24) is 10.6 Å². The summed E-state index contributed by atoms with van der Waals surface area (Å²) in [4.78, 5) is 35.8. The minimum Gasteiger partial charge on any atom is -0.481 e. The SMILES string of the molecule is CCC(NC(=O)OCC1c2ccccc2-c2ccccc21)C(=O)N[C@@H](CC)CC(=O)O. The maximum atomic E-state index is 12.5. The minimum atomic E-state index is -0.982. The number of amides is 2. The predicted molar refractivity (Wildman–Crippen MR) is 117 cm³/mol. The van der Waals surface area contributed by atoms with E-state index in [0.29, 0.717) is 12.8 Å². The van der Waals surface area contributed by atoms with E-state index in [1.54, 1.807) is 13.8 Å². The van der Waals surface area contributed by atoms with Crippen molar-refractivity contribution in [2.75, 3.05) is 6.61 Å². The molecule has 1 unspecified atom stereocenters. The molecule has 0 bridgehead atoms. The normalized spacial score (nSPS) is 14.1. The van der Waals surface area contributed by atoms with Gasteiger partial charge in [-0.1, -0.05) is 62.4 Å². The van der Waals surface area contributed by atoms with Crippen LogP contribution in [0.2, 0.25) is 0 Å². The summed E-state index contributed by atoms with van der Waals surface area (Å²) >= 11 is 0. The first-order valence-electron chi connectivity index (χ1n) is 10.6. The van der Waals surface area contributed by atoms with Crippen LogP contribution in [0.25, 0.3) is 11.1 Å². The Morgan fingerprint density at radius 2 is 1.52 bits per heavy atom. The second-order valence-corrected chi connectivity index (χ2v) is 7.64. The van der Waals surface area contributed by atoms with Gasteiger partial charge in [-0.05, 0) is 35.1 Å². The topological polar surface area (TPSA) is 105 Å². The van der Waals surface area contributed by atoms with Crippen LogP contribution in [0.1, 0.15) is 50.2 Å². The molecule has 0 heterocycles. The molecule has 1 aliphatic rings. The largest absolute Gasteiger partial charge is 0.481 e. The van der Waals surface area contributed by atoms with Gasteiger partial charge in [0, 0.05) is 12.0 Å². The van der Waals surface area contributed by atoms with Crippen LogP contribution in [-0.2, 0) is 14.3 Å². The monoisotopic (exact) mass is 424 g/mol. The molecule has 2 aromatic carbocycles. The van der Waals surface area contributed by atoms with Crippen LogP contribution in [-0.4, -0.2) is 41.8 Å². The van der Waals surface area contributed by atoms with Gasteiger partial charge in [0.15, 0.2) is 0 Å². The van der Waals surface area contributed by atoms with Crippen LogP contribution in [0.3, 0.4) is 0 Å². The number of ether oxygens (including phenoxy) is 1. The Labute approximate surface area is 181 Å². The van der Waals surface area contributed by atoms with Crippen molar-refractivity contribution in [2.45, 2.75) is 51.1 Å². The first-order chi connectivity index (χ1) is 14.9. The fraction of sp³-hybridized carbons (Fsp3) is 0.375. The van der Waals surface area contributed by atoms with E-state index >= 15 is 0 Å². The molecule has 0 aromatic heterocycles. The van der Waals surface area contributed by atoms with Crippen molar-refractivity contribution in [3.8, 4) is 11.1 Å². The summed E-state index contributed by atoms with van der Waals surface area (Å²) in [6, 6.07) is 14.8. The smallest absolute Gasteiger partial charge is 0.407 e. The average molecular weight is 424 g/mol. The van der Waals surface area contributed by atoms with Gasteiger partial charge in [-0.25, -0.2) is 4.79 Å². The highest BCUT2D eigenvalue weighted by molar-refractivity contribution is 5.86. The van der Waals surface area contributed by atoms with Crippen LogP contribution >= 0.6 is 0 Å². The van der Waals surface area contributed by atoms with Gasteiger partial charge in [0.1, 0.15) is 12.6 Å². The van der Waals surface area contributed by atoms with E-state index in [-0.39, 0.29) is 18.9 Å². The van der Waals surface area contributed by atoms with Crippen LogP contribution in [0, 0.1) is 0 Å². The summed E-state index contributed by atoms with van der Waals surface area (Å²) in [6.07, 6.45) is 0.0119. The van der Waals surface area contributed by atoms with Gasteiger partial charge in [0.25, 0.3) is 0 Å². The molecular weight excluding hydrogens is 396 g/mol. The molecule has 2 atom stereocenters. The molecule has 1 aliphatic carbocycles. The number of nitrogens with one attached hydrogen (secondary N) is 2. The lowest BCUT2D eigenvalue weighted by molar-refractivity contribution is -0.137. The van der Waals surface area contributed by atoms with Crippen molar-refractivity contribution in [2.24, 2.45) is 0 Å². The van der Waals surface area contributed by atoms with Crippen LogP contribution < -0.4 is 10.6 Å². The molecule has 31 heavy (non-hydrogen) atoms. The highest BCUT2D eigenvalue weighted by Crippen LogP contribution is 2.44. The summed E-state index contributed by atoms with van der Waals surface area (Å²) in [6.45, 7) is 3.73. The van der Waals surface area contributed by atoms with Crippen molar-refractivity contribution in [3.63, 3.8) is 0 Å². The number of hydrogen-bond donors (Lipinski definition) is 3. The Morgan fingerprint density at radius 1 is 0.935 bits per heavy atom. The zero-order valence-electron chi connectivity index (χ0n) is 17.8. The Bertz CT molecular complexity index is 913. The Balaban J connectivity index is 1.60. The molecule has 7 nitrogen and oxygen atoms in total.